The van der Waals surface area contributed by atoms with Gasteiger partial charge in [-0.2, -0.15) is 0 Å². The number of benzene rings is 3. The molecule has 1 aliphatic heterocycles. The summed E-state index contributed by atoms with van der Waals surface area (Å²) in [4.78, 5) is 12.5. The zero-order chi connectivity index (χ0) is 21.0. The molecule has 2 heterocycles. The van der Waals surface area contributed by atoms with Crippen LogP contribution in [0.15, 0.2) is 83.3 Å². The predicted molar refractivity (Wildman–Crippen MR) is 111 cm³/mol. The molecule has 0 saturated heterocycles. The molecular formula is C23H17N3O5. The van der Waals surface area contributed by atoms with E-state index in [0.717, 1.165) is 5.75 Å². The third-order valence-electron chi connectivity index (χ3n) is 4.54. The maximum atomic E-state index is 12.5. The lowest BCUT2D eigenvalue weighted by atomic mass is 10.2. The molecule has 8 nitrogen and oxygen atoms in total. The number of amides is 1. The standard InChI is InChI=1S/C23H17N3O5/c27-21(15-10-12-17(13-11-15)29-16-6-2-1-3-7-16)24-23-26-25-22(31-23)20-14-28-18-8-4-5-9-19(18)30-20/h1-13,20H,14H2,(H,24,26,27). The number of nitrogens with zero attached hydrogens (tertiary/aromatic N) is 2. The van der Waals surface area contributed by atoms with Crippen LogP contribution in [0.4, 0.5) is 6.01 Å². The van der Waals surface area contributed by atoms with Gasteiger partial charge in [0.2, 0.25) is 6.10 Å². The molecule has 3 aromatic carbocycles. The molecule has 5 rings (SSSR count). The number of hydrogen-bond acceptors (Lipinski definition) is 7. The Bertz CT molecular complexity index is 1190. The highest BCUT2D eigenvalue weighted by molar-refractivity contribution is 6.03. The van der Waals surface area contributed by atoms with Gasteiger partial charge in [0.25, 0.3) is 11.8 Å². The van der Waals surface area contributed by atoms with Crippen LogP contribution in [0.3, 0.4) is 0 Å². The second kappa shape index (κ2) is 8.19. The minimum absolute atomic E-state index is 0.0212. The Morgan fingerprint density at radius 1 is 0.871 bits per heavy atom. The molecule has 1 unspecified atom stereocenters. The van der Waals surface area contributed by atoms with Crippen LogP contribution >= 0.6 is 0 Å². The van der Waals surface area contributed by atoms with E-state index in [4.69, 9.17) is 18.6 Å². The van der Waals surface area contributed by atoms with Gasteiger partial charge in [0.05, 0.1) is 0 Å². The zero-order valence-electron chi connectivity index (χ0n) is 16.2. The molecule has 1 atom stereocenters. The van der Waals surface area contributed by atoms with E-state index in [-0.39, 0.29) is 24.4 Å². The van der Waals surface area contributed by atoms with Crippen LogP contribution in [-0.2, 0) is 0 Å². The lowest BCUT2D eigenvalue weighted by Crippen LogP contribution is -2.21. The van der Waals surface area contributed by atoms with Crippen LogP contribution in [0, 0.1) is 0 Å². The number of carbonyl (C=O) groups is 1. The third-order valence-corrected chi connectivity index (χ3v) is 4.54. The van der Waals surface area contributed by atoms with Gasteiger partial charge in [0.1, 0.15) is 18.1 Å². The van der Waals surface area contributed by atoms with E-state index in [1.165, 1.54) is 0 Å². The SMILES string of the molecule is O=C(Nc1nnc(C2COc3ccccc3O2)o1)c1ccc(Oc2ccccc2)cc1. The smallest absolute Gasteiger partial charge is 0.322 e. The molecule has 0 spiro atoms. The van der Waals surface area contributed by atoms with Crippen molar-refractivity contribution >= 4 is 11.9 Å². The van der Waals surface area contributed by atoms with Crippen LogP contribution in [0.2, 0.25) is 0 Å². The Balaban J connectivity index is 1.22. The van der Waals surface area contributed by atoms with Crippen LogP contribution in [0.25, 0.3) is 0 Å². The van der Waals surface area contributed by atoms with Crippen molar-refractivity contribution in [3.8, 4) is 23.0 Å². The molecule has 0 radical (unpaired) electrons. The summed E-state index contributed by atoms with van der Waals surface area (Å²) >= 11 is 0. The molecule has 0 fully saturated rings. The highest BCUT2D eigenvalue weighted by Crippen LogP contribution is 2.35. The summed E-state index contributed by atoms with van der Waals surface area (Å²) in [6.07, 6.45) is -0.553. The Morgan fingerprint density at radius 3 is 2.39 bits per heavy atom. The number of carbonyl (C=O) groups excluding carboxylic acids is 1. The zero-order valence-corrected chi connectivity index (χ0v) is 16.2. The first-order valence-corrected chi connectivity index (χ1v) is 9.61. The van der Waals surface area contributed by atoms with Crippen LogP contribution in [0.1, 0.15) is 22.4 Å². The number of hydrogen-bond donors (Lipinski definition) is 1. The van der Waals surface area contributed by atoms with Crippen molar-refractivity contribution in [1.82, 2.24) is 10.2 Å². The van der Waals surface area contributed by atoms with Gasteiger partial charge in [-0.3, -0.25) is 10.1 Å². The second-order valence-electron chi connectivity index (χ2n) is 6.70. The van der Waals surface area contributed by atoms with Gasteiger partial charge >= 0.3 is 6.01 Å². The Kier molecular flexibility index (Phi) is 4.94. The Morgan fingerprint density at radius 2 is 1.58 bits per heavy atom. The van der Waals surface area contributed by atoms with E-state index in [1.54, 1.807) is 30.3 Å². The van der Waals surface area contributed by atoms with E-state index in [2.05, 4.69) is 15.5 Å². The number of anilines is 1. The van der Waals surface area contributed by atoms with Gasteiger partial charge in [0, 0.05) is 5.56 Å². The van der Waals surface area contributed by atoms with E-state index in [1.807, 2.05) is 48.5 Å². The van der Waals surface area contributed by atoms with Crippen molar-refractivity contribution in [2.45, 2.75) is 6.10 Å². The highest BCUT2D eigenvalue weighted by atomic mass is 16.6. The molecule has 4 aromatic rings. The Hall–Kier alpha value is -4.33. The number of fused-ring (bicyclic) bond motifs is 1. The monoisotopic (exact) mass is 415 g/mol. The van der Waals surface area contributed by atoms with E-state index in [0.29, 0.717) is 22.8 Å². The van der Waals surface area contributed by atoms with Gasteiger partial charge in [-0.05, 0) is 48.5 Å². The lowest BCUT2D eigenvalue weighted by Gasteiger charge is -2.23. The molecule has 31 heavy (non-hydrogen) atoms. The topological polar surface area (TPSA) is 95.7 Å². The minimum Gasteiger partial charge on any atom is -0.485 e. The van der Waals surface area contributed by atoms with Gasteiger partial charge in [-0.1, -0.05) is 35.4 Å². The molecular weight excluding hydrogens is 398 g/mol. The number of ether oxygens (including phenoxy) is 3. The first kappa shape index (κ1) is 18.7. The van der Waals surface area contributed by atoms with Gasteiger partial charge in [-0.15, -0.1) is 5.10 Å². The van der Waals surface area contributed by atoms with Gasteiger partial charge in [-0.25, -0.2) is 0 Å². The number of rotatable bonds is 5. The summed E-state index contributed by atoms with van der Waals surface area (Å²) in [5.74, 6) is 2.43. The highest BCUT2D eigenvalue weighted by Gasteiger charge is 2.27. The second-order valence-corrected chi connectivity index (χ2v) is 6.70. The third kappa shape index (κ3) is 4.18. The van der Waals surface area contributed by atoms with Crippen molar-refractivity contribution in [2.75, 3.05) is 11.9 Å². The molecule has 1 N–H and O–H groups in total. The molecule has 0 saturated carbocycles. The molecule has 154 valence electrons. The van der Waals surface area contributed by atoms with Crippen molar-refractivity contribution in [1.29, 1.82) is 0 Å². The van der Waals surface area contributed by atoms with Crippen molar-refractivity contribution in [3.05, 3.63) is 90.3 Å². The summed E-state index contributed by atoms with van der Waals surface area (Å²) in [5.41, 5.74) is 0.423. The van der Waals surface area contributed by atoms with Crippen molar-refractivity contribution < 1.29 is 23.4 Å². The van der Waals surface area contributed by atoms with E-state index < -0.39 is 6.10 Å². The molecule has 1 aromatic heterocycles. The number of para-hydroxylation sites is 3. The van der Waals surface area contributed by atoms with Gasteiger partial charge in [0.15, 0.2) is 11.5 Å². The van der Waals surface area contributed by atoms with E-state index in [9.17, 15) is 4.79 Å². The first-order chi connectivity index (χ1) is 15.2. The van der Waals surface area contributed by atoms with Crippen LogP contribution in [0.5, 0.6) is 23.0 Å². The fraction of sp³-hybridized carbons (Fsp3) is 0.0870. The van der Waals surface area contributed by atoms with Crippen molar-refractivity contribution in [3.63, 3.8) is 0 Å². The average molecular weight is 415 g/mol. The maximum absolute atomic E-state index is 12.5. The predicted octanol–water partition coefficient (Wildman–Crippen LogP) is 4.63. The molecule has 1 amide bonds. The van der Waals surface area contributed by atoms with Crippen LogP contribution in [-0.4, -0.2) is 22.7 Å². The molecule has 0 aliphatic carbocycles. The quantitative estimate of drug-likeness (QED) is 0.508. The Labute approximate surface area is 177 Å². The lowest BCUT2D eigenvalue weighted by molar-refractivity contribution is 0.0716. The normalized spacial score (nSPS) is 14.6. The number of aromatic nitrogens is 2. The van der Waals surface area contributed by atoms with Gasteiger partial charge < -0.3 is 18.6 Å². The van der Waals surface area contributed by atoms with Crippen LogP contribution < -0.4 is 19.5 Å². The van der Waals surface area contributed by atoms with Crippen molar-refractivity contribution in [2.24, 2.45) is 0 Å². The molecule has 8 heteroatoms. The fourth-order valence-corrected chi connectivity index (χ4v) is 3.02. The number of nitrogens with one attached hydrogen (secondary N) is 1. The fourth-order valence-electron chi connectivity index (χ4n) is 3.02. The van der Waals surface area contributed by atoms with E-state index >= 15 is 0 Å². The summed E-state index contributed by atoms with van der Waals surface area (Å²) in [6, 6.07) is 23.4. The summed E-state index contributed by atoms with van der Waals surface area (Å²) < 4.78 is 22.8. The largest absolute Gasteiger partial charge is 0.485 e. The minimum atomic E-state index is -0.553. The average Bonchev–Trinajstić information content (AvgIpc) is 3.28. The summed E-state index contributed by atoms with van der Waals surface area (Å²) in [7, 11) is 0. The molecule has 1 aliphatic rings. The summed E-state index contributed by atoms with van der Waals surface area (Å²) in [5, 5.41) is 10.4. The first-order valence-electron chi connectivity index (χ1n) is 9.61. The molecule has 0 bridgehead atoms. The maximum Gasteiger partial charge on any atom is 0.322 e. The summed E-state index contributed by atoms with van der Waals surface area (Å²) in [6.45, 7) is 0.232.